The van der Waals surface area contributed by atoms with E-state index in [-0.39, 0.29) is 10.8 Å². The quantitative estimate of drug-likeness (QED) is 0.664. The Bertz CT molecular complexity index is 724. The van der Waals surface area contributed by atoms with Crippen LogP contribution in [0.1, 0.15) is 0 Å². The van der Waals surface area contributed by atoms with Crippen molar-refractivity contribution in [1.82, 2.24) is 4.98 Å². The van der Waals surface area contributed by atoms with E-state index in [4.69, 9.17) is 27.9 Å². The molecule has 114 valence electrons. The van der Waals surface area contributed by atoms with Crippen molar-refractivity contribution in [2.45, 2.75) is 0 Å². The average Bonchev–Trinajstić information content (AvgIpc) is 2.50. The van der Waals surface area contributed by atoms with E-state index < -0.39 is 23.3 Å². The minimum absolute atomic E-state index is 0.0974. The lowest BCUT2D eigenvalue weighted by molar-refractivity contribution is -0.390. The number of ether oxygens (including phenoxy) is 1. The van der Waals surface area contributed by atoms with Crippen molar-refractivity contribution in [3.05, 3.63) is 56.7 Å². The molecule has 1 N–H and O–H groups in total. The Morgan fingerprint density at radius 2 is 2.09 bits per heavy atom. The number of hydrogen-bond donors (Lipinski definition) is 1. The lowest BCUT2D eigenvalue weighted by Gasteiger charge is -2.09. The van der Waals surface area contributed by atoms with E-state index in [1.807, 2.05) is 0 Å². The van der Waals surface area contributed by atoms with E-state index in [1.165, 1.54) is 18.3 Å². The molecule has 9 heteroatoms. The number of amides is 1. The number of hydrogen-bond acceptors (Lipinski definition) is 5. The number of carbonyl (C=O) groups is 1. The molecule has 2 rings (SSSR count). The number of benzene rings is 1. The molecule has 0 spiro atoms. The summed E-state index contributed by atoms with van der Waals surface area (Å²) in [5, 5.41) is 13.8. The molecular formula is C13H9Cl2N3O4. The van der Waals surface area contributed by atoms with Gasteiger partial charge < -0.3 is 20.2 Å². The summed E-state index contributed by atoms with van der Waals surface area (Å²) in [6.45, 7) is -0.435. The molecule has 0 saturated carbocycles. The van der Waals surface area contributed by atoms with Gasteiger partial charge >= 0.3 is 5.82 Å². The predicted octanol–water partition coefficient (Wildman–Crippen LogP) is 3.31. The fourth-order valence-corrected chi connectivity index (χ4v) is 1.91. The van der Waals surface area contributed by atoms with E-state index in [1.54, 1.807) is 18.2 Å². The summed E-state index contributed by atoms with van der Waals surface area (Å²) in [5.74, 6) is -1.10. The number of nitro groups is 1. The molecule has 0 radical (unpaired) electrons. The first-order valence-electron chi connectivity index (χ1n) is 5.95. The Hall–Kier alpha value is -2.38. The summed E-state index contributed by atoms with van der Waals surface area (Å²) in [4.78, 5) is 25.5. The molecule has 0 fully saturated rings. The van der Waals surface area contributed by atoms with Crippen LogP contribution in [0.3, 0.4) is 0 Å². The van der Waals surface area contributed by atoms with E-state index in [2.05, 4.69) is 10.3 Å². The van der Waals surface area contributed by atoms with Crippen molar-refractivity contribution in [3.63, 3.8) is 0 Å². The number of nitrogens with zero attached hydrogens (tertiary/aromatic N) is 2. The Labute approximate surface area is 135 Å². The van der Waals surface area contributed by atoms with Crippen LogP contribution < -0.4 is 10.1 Å². The lowest BCUT2D eigenvalue weighted by atomic mass is 10.3. The second-order valence-electron chi connectivity index (χ2n) is 4.02. The summed E-state index contributed by atoms with van der Waals surface area (Å²) in [7, 11) is 0. The van der Waals surface area contributed by atoms with Gasteiger partial charge in [-0.05, 0) is 34.2 Å². The van der Waals surface area contributed by atoms with Crippen LogP contribution in [-0.4, -0.2) is 22.4 Å². The minimum atomic E-state index is -0.693. The molecule has 0 bridgehead atoms. The molecular weight excluding hydrogens is 333 g/mol. The van der Waals surface area contributed by atoms with Crippen molar-refractivity contribution in [3.8, 4) is 5.75 Å². The minimum Gasteiger partial charge on any atom is -0.476 e. The summed E-state index contributed by atoms with van der Waals surface area (Å²) >= 11 is 11.8. The second-order valence-corrected chi connectivity index (χ2v) is 4.81. The van der Waals surface area contributed by atoms with Crippen molar-refractivity contribution >= 4 is 40.6 Å². The number of carbonyl (C=O) groups excluding carboxylic acids is 1. The smallest absolute Gasteiger partial charge is 0.406 e. The predicted molar refractivity (Wildman–Crippen MR) is 81.5 cm³/mol. The largest absolute Gasteiger partial charge is 0.476 e. The van der Waals surface area contributed by atoms with Crippen molar-refractivity contribution in [1.29, 1.82) is 0 Å². The first-order valence-corrected chi connectivity index (χ1v) is 6.70. The molecule has 2 aromatic rings. The molecule has 0 aliphatic carbocycles. The van der Waals surface area contributed by atoms with Crippen LogP contribution in [0.25, 0.3) is 0 Å². The molecule has 1 heterocycles. The van der Waals surface area contributed by atoms with Crippen molar-refractivity contribution < 1.29 is 14.5 Å². The van der Waals surface area contributed by atoms with Crippen LogP contribution in [0.4, 0.5) is 11.5 Å². The maximum atomic E-state index is 11.8. The molecule has 1 aromatic carbocycles. The van der Waals surface area contributed by atoms with Crippen LogP contribution in [0.2, 0.25) is 10.0 Å². The van der Waals surface area contributed by atoms with Gasteiger partial charge in [0.15, 0.2) is 6.61 Å². The lowest BCUT2D eigenvalue weighted by Crippen LogP contribution is -2.20. The standard InChI is InChI=1S/C13H9Cl2N3O4/c14-8-3-1-4-9(12(8)15)17-11(19)7-22-10-5-2-6-16-13(10)18(20)21/h1-6H,7H2,(H,17,19). The van der Waals surface area contributed by atoms with Gasteiger partial charge in [0.05, 0.1) is 15.7 Å². The number of pyridine rings is 1. The van der Waals surface area contributed by atoms with Gasteiger partial charge in [0.25, 0.3) is 5.91 Å². The fraction of sp³-hybridized carbons (Fsp3) is 0.0769. The number of anilines is 1. The number of rotatable bonds is 5. The molecule has 0 aliphatic rings. The van der Waals surface area contributed by atoms with Gasteiger partial charge in [-0.3, -0.25) is 4.79 Å². The van der Waals surface area contributed by atoms with Gasteiger partial charge in [-0.1, -0.05) is 29.3 Å². The van der Waals surface area contributed by atoms with Crippen LogP contribution in [-0.2, 0) is 4.79 Å². The molecule has 1 aromatic heterocycles. The Morgan fingerprint density at radius 1 is 1.32 bits per heavy atom. The first kappa shape index (κ1) is 16.0. The fourth-order valence-electron chi connectivity index (χ4n) is 1.56. The number of halogens is 2. The molecule has 0 saturated heterocycles. The van der Waals surface area contributed by atoms with E-state index in [0.29, 0.717) is 10.7 Å². The zero-order valence-electron chi connectivity index (χ0n) is 11.0. The second kappa shape index (κ2) is 7.06. The molecule has 22 heavy (non-hydrogen) atoms. The highest BCUT2D eigenvalue weighted by atomic mass is 35.5. The van der Waals surface area contributed by atoms with Crippen LogP contribution >= 0.6 is 23.2 Å². The third-order valence-electron chi connectivity index (χ3n) is 2.51. The summed E-state index contributed by atoms with van der Waals surface area (Å²) < 4.78 is 5.11. The van der Waals surface area contributed by atoms with Crippen LogP contribution in [0, 0.1) is 10.1 Å². The molecule has 0 unspecified atom stereocenters. The molecule has 0 aliphatic heterocycles. The van der Waals surface area contributed by atoms with Gasteiger partial charge in [-0.25, -0.2) is 0 Å². The highest BCUT2D eigenvalue weighted by Gasteiger charge is 2.17. The third kappa shape index (κ3) is 3.84. The average molecular weight is 342 g/mol. The van der Waals surface area contributed by atoms with Crippen molar-refractivity contribution in [2.24, 2.45) is 0 Å². The Morgan fingerprint density at radius 3 is 2.82 bits per heavy atom. The third-order valence-corrected chi connectivity index (χ3v) is 3.33. The number of nitrogens with one attached hydrogen (secondary N) is 1. The maximum Gasteiger partial charge on any atom is 0.406 e. The topological polar surface area (TPSA) is 94.4 Å². The highest BCUT2D eigenvalue weighted by Crippen LogP contribution is 2.29. The van der Waals surface area contributed by atoms with Gasteiger partial charge in [0, 0.05) is 0 Å². The van der Waals surface area contributed by atoms with Crippen LogP contribution in [0.15, 0.2) is 36.5 Å². The zero-order valence-corrected chi connectivity index (χ0v) is 12.5. The van der Waals surface area contributed by atoms with Crippen LogP contribution in [0.5, 0.6) is 5.75 Å². The Kier molecular flexibility index (Phi) is 5.13. The monoisotopic (exact) mass is 341 g/mol. The first-order chi connectivity index (χ1) is 10.5. The van der Waals surface area contributed by atoms with Gasteiger partial charge in [0.1, 0.15) is 6.20 Å². The van der Waals surface area contributed by atoms with E-state index in [0.717, 1.165) is 0 Å². The van der Waals surface area contributed by atoms with Gasteiger partial charge in [-0.2, -0.15) is 0 Å². The highest BCUT2D eigenvalue weighted by molar-refractivity contribution is 6.43. The maximum absolute atomic E-state index is 11.8. The van der Waals surface area contributed by atoms with E-state index >= 15 is 0 Å². The van der Waals surface area contributed by atoms with Gasteiger partial charge in [-0.15, -0.1) is 0 Å². The summed E-state index contributed by atoms with van der Waals surface area (Å²) in [6.07, 6.45) is 1.26. The van der Waals surface area contributed by atoms with Gasteiger partial charge in [0.2, 0.25) is 5.75 Å². The van der Waals surface area contributed by atoms with E-state index in [9.17, 15) is 14.9 Å². The van der Waals surface area contributed by atoms with Crippen molar-refractivity contribution in [2.75, 3.05) is 11.9 Å². The normalized spacial score (nSPS) is 10.1. The molecule has 7 nitrogen and oxygen atoms in total. The molecule has 0 atom stereocenters. The summed E-state index contributed by atoms with van der Waals surface area (Å²) in [6, 6.07) is 7.59. The molecule has 1 amide bonds. The Balaban J connectivity index is 2.02. The zero-order chi connectivity index (χ0) is 16.1. The summed E-state index contributed by atoms with van der Waals surface area (Å²) in [5.41, 5.74) is 0.323. The number of aromatic nitrogens is 1. The SMILES string of the molecule is O=C(COc1cccnc1[N+](=O)[O-])Nc1cccc(Cl)c1Cl.